The molecule has 0 heterocycles. The minimum absolute atomic E-state index is 0.131. The molecule has 0 bridgehead atoms. The van der Waals surface area contributed by atoms with Crippen LogP contribution < -0.4 is 4.89 Å². The first-order valence-corrected chi connectivity index (χ1v) is 16.1. The maximum absolute atomic E-state index is 13.6. The molecule has 0 radical (unpaired) electrons. The number of hydrogen-bond donors (Lipinski definition) is 0. The molecular weight excluding hydrogens is 570 g/mol. The first-order valence-electron chi connectivity index (χ1n) is 14.6. The summed E-state index contributed by atoms with van der Waals surface area (Å²) in [6, 6.07) is 30.5. The molecule has 44 heavy (non-hydrogen) atoms. The van der Waals surface area contributed by atoms with Crippen LogP contribution in [0.5, 0.6) is 5.75 Å². The summed E-state index contributed by atoms with van der Waals surface area (Å²) in [4.78, 5) is 20.8. The fourth-order valence-corrected chi connectivity index (χ4v) is 5.60. The second-order valence-corrected chi connectivity index (χ2v) is 12.4. The number of carbonyl (C=O) groups excluding carboxylic acids is 1. The molecule has 0 unspecified atom stereocenters. The lowest BCUT2D eigenvalue weighted by molar-refractivity contribution is -0.211. The van der Waals surface area contributed by atoms with Crippen molar-refractivity contribution in [2.24, 2.45) is 0 Å². The SMILES string of the molecule is CCCCc1ccc(C#Cc2ccc(CN(Cc3ccc(OOC(C)=O)c(C)c3)S(=O)(=O)/C=C/c3ccccc3)cc2)cc1. The van der Waals surface area contributed by atoms with Gasteiger partial charge in [-0.15, -0.1) is 0 Å². The van der Waals surface area contributed by atoms with Gasteiger partial charge in [-0.25, -0.2) is 13.2 Å². The van der Waals surface area contributed by atoms with Crippen LogP contribution in [0.1, 0.15) is 65.6 Å². The van der Waals surface area contributed by atoms with E-state index >= 15 is 0 Å². The van der Waals surface area contributed by atoms with Crippen molar-refractivity contribution in [2.45, 2.75) is 53.1 Å². The minimum Gasteiger partial charge on any atom is -0.287 e. The molecule has 0 spiro atoms. The maximum atomic E-state index is 13.6. The zero-order chi connectivity index (χ0) is 31.4. The van der Waals surface area contributed by atoms with Gasteiger partial charge in [0.2, 0.25) is 10.0 Å². The summed E-state index contributed by atoms with van der Waals surface area (Å²) in [7, 11) is -3.80. The Bertz CT molecular complexity index is 1730. The van der Waals surface area contributed by atoms with E-state index < -0.39 is 16.0 Å². The number of benzene rings is 4. The molecule has 0 aliphatic carbocycles. The number of hydrogen-bond acceptors (Lipinski definition) is 5. The standard InChI is InChI=1S/C37H37NO5S/c1-4-5-9-32-12-14-33(15-13-32)16-17-34-18-20-35(21-19-34)27-38(44(40,41)25-24-31-10-7-6-8-11-31)28-36-22-23-37(29(2)26-36)43-42-30(3)39/h6-8,10-15,18-26H,4-5,9,27-28H2,1-3H3/b25-24+. The van der Waals surface area contributed by atoms with Gasteiger partial charge in [0, 0.05) is 36.5 Å². The summed E-state index contributed by atoms with van der Waals surface area (Å²) in [6.45, 7) is 5.54. The van der Waals surface area contributed by atoms with Crippen LogP contribution in [-0.2, 0) is 39.2 Å². The Morgan fingerprint density at radius 2 is 1.41 bits per heavy atom. The van der Waals surface area contributed by atoms with E-state index in [9.17, 15) is 13.2 Å². The smallest absolute Gasteiger partial charge is 0.287 e. The van der Waals surface area contributed by atoms with Crippen LogP contribution in [-0.4, -0.2) is 18.7 Å². The van der Waals surface area contributed by atoms with Crippen LogP contribution in [0.25, 0.3) is 6.08 Å². The predicted octanol–water partition coefficient (Wildman–Crippen LogP) is 7.60. The number of aryl methyl sites for hydroxylation is 2. The Morgan fingerprint density at radius 1 is 0.818 bits per heavy atom. The van der Waals surface area contributed by atoms with Crippen molar-refractivity contribution in [1.82, 2.24) is 4.31 Å². The summed E-state index contributed by atoms with van der Waals surface area (Å²) >= 11 is 0. The molecule has 0 fully saturated rings. The lowest BCUT2D eigenvalue weighted by atomic mass is 10.1. The van der Waals surface area contributed by atoms with Gasteiger partial charge in [0.25, 0.3) is 0 Å². The Labute approximate surface area is 260 Å². The summed E-state index contributed by atoms with van der Waals surface area (Å²) in [6.07, 6.45) is 5.03. The molecule has 4 aromatic rings. The van der Waals surface area contributed by atoms with Gasteiger partial charge in [-0.05, 0) is 84.0 Å². The number of carbonyl (C=O) groups is 1. The Morgan fingerprint density at radius 3 is 2.00 bits per heavy atom. The molecule has 6 nitrogen and oxygen atoms in total. The van der Waals surface area contributed by atoms with Crippen molar-refractivity contribution in [2.75, 3.05) is 0 Å². The minimum atomic E-state index is -3.80. The molecule has 4 aromatic carbocycles. The Kier molecular flexibility index (Phi) is 11.5. The van der Waals surface area contributed by atoms with E-state index in [2.05, 4.69) is 47.9 Å². The molecular formula is C37H37NO5S. The molecule has 0 saturated heterocycles. The average Bonchev–Trinajstić information content (AvgIpc) is 3.02. The van der Waals surface area contributed by atoms with Crippen LogP contribution in [0.2, 0.25) is 0 Å². The lowest BCUT2D eigenvalue weighted by Gasteiger charge is -2.21. The largest absolute Gasteiger partial charge is 0.352 e. The van der Waals surface area contributed by atoms with Gasteiger partial charge in [-0.3, -0.25) is 9.78 Å². The second kappa shape index (κ2) is 15.7. The average molecular weight is 608 g/mol. The van der Waals surface area contributed by atoms with Crippen LogP contribution in [0.4, 0.5) is 0 Å². The lowest BCUT2D eigenvalue weighted by Crippen LogP contribution is -2.28. The van der Waals surface area contributed by atoms with Gasteiger partial charge in [0.05, 0.1) is 0 Å². The van der Waals surface area contributed by atoms with Crippen LogP contribution >= 0.6 is 0 Å². The maximum Gasteiger partial charge on any atom is 0.352 e. The highest BCUT2D eigenvalue weighted by Gasteiger charge is 2.21. The summed E-state index contributed by atoms with van der Waals surface area (Å²) in [5.74, 6) is 6.24. The molecule has 7 heteroatoms. The molecule has 0 aliphatic rings. The summed E-state index contributed by atoms with van der Waals surface area (Å²) in [5, 5.41) is 1.24. The van der Waals surface area contributed by atoms with Crippen molar-refractivity contribution >= 4 is 22.1 Å². The van der Waals surface area contributed by atoms with E-state index in [0.29, 0.717) is 11.3 Å². The Hall–Kier alpha value is -4.64. The third-order valence-corrected chi connectivity index (χ3v) is 8.33. The van der Waals surface area contributed by atoms with E-state index in [-0.39, 0.29) is 13.1 Å². The number of sulfonamides is 1. The van der Waals surface area contributed by atoms with Gasteiger partial charge in [-0.1, -0.05) is 91.9 Å². The van der Waals surface area contributed by atoms with Crippen molar-refractivity contribution in [3.8, 4) is 17.6 Å². The normalized spacial score (nSPS) is 11.3. The van der Waals surface area contributed by atoms with Crippen LogP contribution in [0.3, 0.4) is 0 Å². The fraction of sp³-hybridized carbons (Fsp3) is 0.216. The molecule has 4 rings (SSSR count). The summed E-state index contributed by atoms with van der Waals surface area (Å²) < 4.78 is 28.6. The Balaban J connectivity index is 1.52. The van der Waals surface area contributed by atoms with E-state index in [4.69, 9.17) is 4.89 Å². The highest BCUT2D eigenvalue weighted by molar-refractivity contribution is 7.92. The molecule has 0 atom stereocenters. The molecule has 0 aromatic heterocycles. The van der Waals surface area contributed by atoms with E-state index in [1.807, 2.05) is 60.7 Å². The molecule has 0 amide bonds. The van der Waals surface area contributed by atoms with Gasteiger partial charge < -0.3 is 0 Å². The second-order valence-electron chi connectivity index (χ2n) is 10.5. The van der Waals surface area contributed by atoms with E-state index in [0.717, 1.165) is 34.2 Å². The zero-order valence-electron chi connectivity index (χ0n) is 25.3. The van der Waals surface area contributed by atoms with E-state index in [1.54, 1.807) is 25.1 Å². The topological polar surface area (TPSA) is 72.9 Å². The highest BCUT2D eigenvalue weighted by Crippen LogP contribution is 2.23. The van der Waals surface area contributed by atoms with E-state index in [1.165, 1.54) is 35.0 Å². The van der Waals surface area contributed by atoms with Crippen molar-refractivity contribution in [3.05, 3.63) is 141 Å². The van der Waals surface area contributed by atoms with Gasteiger partial charge in [0.15, 0.2) is 5.75 Å². The number of rotatable bonds is 12. The van der Waals surface area contributed by atoms with Crippen LogP contribution in [0, 0.1) is 18.8 Å². The highest BCUT2D eigenvalue weighted by atomic mass is 32.2. The number of nitrogens with zero attached hydrogens (tertiary/aromatic N) is 1. The molecule has 0 saturated carbocycles. The van der Waals surface area contributed by atoms with Crippen molar-refractivity contribution < 1.29 is 23.0 Å². The monoisotopic (exact) mass is 607 g/mol. The quantitative estimate of drug-likeness (QED) is 0.0942. The third kappa shape index (κ3) is 9.98. The summed E-state index contributed by atoms with van der Waals surface area (Å²) in [5.41, 5.74) is 6.22. The van der Waals surface area contributed by atoms with Crippen molar-refractivity contribution in [3.63, 3.8) is 0 Å². The van der Waals surface area contributed by atoms with Crippen molar-refractivity contribution in [1.29, 1.82) is 0 Å². The first kappa shape index (κ1) is 32.3. The van der Waals surface area contributed by atoms with Gasteiger partial charge in [-0.2, -0.15) is 4.31 Å². The van der Waals surface area contributed by atoms with Gasteiger partial charge >= 0.3 is 5.97 Å². The van der Waals surface area contributed by atoms with Gasteiger partial charge in [0.1, 0.15) is 0 Å². The van der Waals surface area contributed by atoms with Crippen LogP contribution in [0.15, 0.2) is 102 Å². The molecule has 0 N–H and O–H groups in total. The first-order chi connectivity index (χ1) is 21.2. The third-order valence-electron chi connectivity index (χ3n) is 6.88. The molecule has 226 valence electrons. The number of unbranched alkanes of at least 4 members (excludes halogenated alkanes) is 1. The zero-order valence-corrected chi connectivity index (χ0v) is 26.1. The predicted molar refractivity (Wildman–Crippen MR) is 175 cm³/mol. The molecule has 0 aliphatic heterocycles. The fourth-order valence-electron chi connectivity index (χ4n) is 4.44.